The van der Waals surface area contributed by atoms with Crippen LogP contribution >= 0.6 is 0 Å². The van der Waals surface area contributed by atoms with Gasteiger partial charge in [0.1, 0.15) is 0 Å². The van der Waals surface area contributed by atoms with Crippen molar-refractivity contribution in [1.29, 1.82) is 0 Å². The quantitative estimate of drug-likeness (QED) is 0.671. The van der Waals surface area contributed by atoms with Gasteiger partial charge < -0.3 is 4.74 Å². The van der Waals surface area contributed by atoms with Gasteiger partial charge in [0.2, 0.25) is 0 Å². The summed E-state index contributed by atoms with van der Waals surface area (Å²) >= 11 is 0. The summed E-state index contributed by atoms with van der Waals surface area (Å²) < 4.78 is 4.89. The number of aromatic nitrogens is 1. The lowest BCUT2D eigenvalue weighted by molar-refractivity contribution is 0.341. The van der Waals surface area contributed by atoms with Crippen LogP contribution in [0.5, 0.6) is 0 Å². The third-order valence-corrected chi connectivity index (χ3v) is 2.08. The number of fused-ring (bicyclic) bond motifs is 1. The average molecular weight is 185 g/mol. The van der Waals surface area contributed by atoms with E-state index < -0.39 is 0 Å². The lowest BCUT2D eigenvalue weighted by Crippen LogP contribution is -1.81. The lowest BCUT2D eigenvalue weighted by Gasteiger charge is -2.00. The van der Waals surface area contributed by atoms with Gasteiger partial charge in [-0.15, -0.1) is 0 Å². The normalized spacial score (nSPS) is 10.9. The van der Waals surface area contributed by atoms with Crippen LogP contribution in [0.3, 0.4) is 0 Å². The Kier molecular flexibility index (Phi) is 2.45. The molecule has 2 nitrogen and oxygen atoms in total. The molecule has 14 heavy (non-hydrogen) atoms. The second kappa shape index (κ2) is 3.92. The Balaban J connectivity index is 2.59. The Hall–Kier alpha value is -1.83. The van der Waals surface area contributed by atoms with E-state index in [1.165, 1.54) is 5.39 Å². The highest BCUT2D eigenvalue weighted by molar-refractivity contribution is 5.89. The highest BCUT2D eigenvalue weighted by Gasteiger charge is 1.96. The van der Waals surface area contributed by atoms with Gasteiger partial charge in [0.25, 0.3) is 0 Å². The van der Waals surface area contributed by atoms with E-state index in [1.54, 1.807) is 13.4 Å². The summed E-state index contributed by atoms with van der Waals surface area (Å²) in [6, 6.07) is 8.15. The Bertz CT molecular complexity index is 457. The summed E-state index contributed by atoms with van der Waals surface area (Å²) in [5.41, 5.74) is 1.07. The van der Waals surface area contributed by atoms with Crippen LogP contribution in [-0.4, -0.2) is 12.1 Å². The molecule has 2 aromatic rings. The zero-order chi connectivity index (χ0) is 9.80. The molecule has 1 aromatic heterocycles. The molecule has 0 spiro atoms. The predicted molar refractivity (Wildman–Crippen MR) is 57.8 cm³/mol. The van der Waals surface area contributed by atoms with Crippen LogP contribution in [0.4, 0.5) is 0 Å². The molecule has 0 aliphatic carbocycles. The van der Waals surface area contributed by atoms with Crippen molar-refractivity contribution in [1.82, 2.24) is 4.98 Å². The topological polar surface area (TPSA) is 22.1 Å². The number of methoxy groups -OCH3 is 1. The van der Waals surface area contributed by atoms with E-state index in [2.05, 4.69) is 11.1 Å². The second-order valence-corrected chi connectivity index (χ2v) is 2.99. The number of benzene rings is 1. The van der Waals surface area contributed by atoms with Gasteiger partial charge in [-0.25, -0.2) is 0 Å². The zero-order valence-electron chi connectivity index (χ0n) is 7.97. The van der Waals surface area contributed by atoms with E-state index in [0.717, 1.165) is 10.9 Å². The van der Waals surface area contributed by atoms with Gasteiger partial charge in [-0.3, -0.25) is 4.98 Å². The number of nitrogens with zero attached hydrogens (tertiary/aromatic N) is 1. The van der Waals surface area contributed by atoms with Crippen molar-refractivity contribution in [3.63, 3.8) is 0 Å². The fourth-order valence-corrected chi connectivity index (χ4v) is 1.41. The maximum Gasteiger partial charge on any atom is 0.0831 e. The molecule has 0 radical (unpaired) electrons. The molecule has 0 saturated heterocycles. The van der Waals surface area contributed by atoms with Crippen LogP contribution in [0.15, 0.2) is 42.9 Å². The maximum absolute atomic E-state index is 4.89. The molecule has 1 heterocycles. The van der Waals surface area contributed by atoms with E-state index >= 15 is 0 Å². The van der Waals surface area contributed by atoms with Gasteiger partial charge in [0.05, 0.1) is 13.4 Å². The average Bonchev–Trinajstić information content (AvgIpc) is 2.26. The monoisotopic (exact) mass is 185 g/mol. The molecule has 2 heteroatoms. The van der Waals surface area contributed by atoms with Gasteiger partial charge in [-0.05, 0) is 11.5 Å². The molecule has 0 fully saturated rings. The number of rotatable bonds is 2. The molecule has 0 N–H and O–H groups in total. The first kappa shape index (κ1) is 8.75. The third-order valence-electron chi connectivity index (χ3n) is 2.08. The summed E-state index contributed by atoms with van der Waals surface area (Å²) in [5.74, 6) is 0. The first-order valence-corrected chi connectivity index (χ1v) is 4.44. The first-order valence-electron chi connectivity index (χ1n) is 4.44. The Morgan fingerprint density at radius 3 is 2.93 bits per heavy atom. The van der Waals surface area contributed by atoms with Gasteiger partial charge in [-0.2, -0.15) is 0 Å². The second-order valence-electron chi connectivity index (χ2n) is 2.99. The van der Waals surface area contributed by atoms with Crippen LogP contribution in [0.2, 0.25) is 0 Å². The fraction of sp³-hybridized carbons (Fsp3) is 0.0833. The van der Waals surface area contributed by atoms with Crippen molar-refractivity contribution in [3.8, 4) is 0 Å². The fourth-order valence-electron chi connectivity index (χ4n) is 1.41. The molecule has 0 unspecified atom stereocenters. The van der Waals surface area contributed by atoms with E-state index in [9.17, 15) is 0 Å². The Morgan fingerprint density at radius 2 is 2.07 bits per heavy atom. The highest BCUT2D eigenvalue weighted by Crippen LogP contribution is 2.17. The van der Waals surface area contributed by atoms with Gasteiger partial charge in [0.15, 0.2) is 0 Å². The maximum atomic E-state index is 4.89. The van der Waals surface area contributed by atoms with Crippen LogP contribution in [0.1, 0.15) is 5.56 Å². The molecule has 0 bridgehead atoms. The standard InChI is InChI=1S/C12H11NO/c1-14-7-6-11-9-13-8-10-4-2-3-5-12(10)11/h2-9H,1H3. The molecular formula is C12H11NO. The van der Waals surface area contributed by atoms with Gasteiger partial charge in [-0.1, -0.05) is 24.3 Å². The predicted octanol–water partition coefficient (Wildman–Crippen LogP) is 2.85. The molecule has 0 amide bonds. The lowest BCUT2D eigenvalue weighted by atomic mass is 10.1. The Morgan fingerprint density at radius 1 is 1.21 bits per heavy atom. The van der Waals surface area contributed by atoms with Crippen molar-refractivity contribution in [3.05, 3.63) is 48.5 Å². The van der Waals surface area contributed by atoms with Crippen LogP contribution in [-0.2, 0) is 4.74 Å². The van der Waals surface area contributed by atoms with Crippen molar-refractivity contribution in [2.45, 2.75) is 0 Å². The molecule has 1 aromatic carbocycles. The summed E-state index contributed by atoms with van der Waals surface area (Å²) in [5, 5.41) is 2.33. The van der Waals surface area contributed by atoms with Crippen LogP contribution < -0.4 is 0 Å². The van der Waals surface area contributed by atoms with E-state index in [1.807, 2.05) is 36.7 Å². The first-order chi connectivity index (χ1) is 6.92. The number of pyridine rings is 1. The van der Waals surface area contributed by atoms with Gasteiger partial charge in [0, 0.05) is 23.3 Å². The molecule has 2 rings (SSSR count). The van der Waals surface area contributed by atoms with E-state index in [4.69, 9.17) is 4.74 Å². The summed E-state index contributed by atoms with van der Waals surface area (Å²) in [7, 11) is 1.63. The summed E-state index contributed by atoms with van der Waals surface area (Å²) in [6.07, 6.45) is 7.26. The van der Waals surface area contributed by atoms with Crippen LogP contribution in [0, 0.1) is 0 Å². The molecule has 0 aliphatic heterocycles. The molecule has 0 aliphatic rings. The van der Waals surface area contributed by atoms with Crippen molar-refractivity contribution in [2.75, 3.05) is 7.11 Å². The third kappa shape index (κ3) is 1.59. The van der Waals surface area contributed by atoms with Crippen molar-refractivity contribution in [2.24, 2.45) is 0 Å². The van der Waals surface area contributed by atoms with E-state index in [0.29, 0.717) is 0 Å². The minimum Gasteiger partial charge on any atom is -0.504 e. The number of hydrogen-bond donors (Lipinski definition) is 0. The van der Waals surface area contributed by atoms with E-state index in [-0.39, 0.29) is 0 Å². The minimum absolute atomic E-state index is 1.07. The van der Waals surface area contributed by atoms with Crippen LogP contribution in [0.25, 0.3) is 16.8 Å². The largest absolute Gasteiger partial charge is 0.504 e. The molecular weight excluding hydrogens is 174 g/mol. The SMILES string of the molecule is COC=Cc1cncc2ccccc12. The zero-order valence-corrected chi connectivity index (χ0v) is 7.97. The highest BCUT2D eigenvalue weighted by atomic mass is 16.5. The minimum atomic E-state index is 1.07. The van der Waals surface area contributed by atoms with Crippen molar-refractivity contribution >= 4 is 16.8 Å². The summed E-state index contributed by atoms with van der Waals surface area (Å²) in [6.45, 7) is 0. The summed E-state index contributed by atoms with van der Waals surface area (Å²) in [4.78, 5) is 4.16. The molecule has 70 valence electrons. The smallest absolute Gasteiger partial charge is 0.0831 e. The molecule has 0 atom stereocenters. The molecule has 0 saturated carbocycles. The number of ether oxygens (including phenoxy) is 1. The van der Waals surface area contributed by atoms with Gasteiger partial charge >= 0.3 is 0 Å². The van der Waals surface area contributed by atoms with Crippen molar-refractivity contribution < 1.29 is 4.74 Å². The Labute approximate surface area is 82.9 Å². The number of hydrogen-bond acceptors (Lipinski definition) is 2.